The molecule has 0 bridgehead atoms. The lowest BCUT2D eigenvalue weighted by Gasteiger charge is -2.11. The Hall–Kier alpha value is -4.14. The summed E-state index contributed by atoms with van der Waals surface area (Å²) in [6, 6.07) is 12.2. The van der Waals surface area contributed by atoms with Crippen molar-refractivity contribution in [3.63, 3.8) is 0 Å². The van der Waals surface area contributed by atoms with Gasteiger partial charge in [0.1, 0.15) is 17.1 Å². The Morgan fingerprint density at radius 2 is 1.97 bits per heavy atom. The molecule has 2 heterocycles. The van der Waals surface area contributed by atoms with Gasteiger partial charge in [0.25, 0.3) is 5.91 Å². The molecule has 0 fully saturated rings. The predicted molar refractivity (Wildman–Crippen MR) is 106 cm³/mol. The Morgan fingerprint density at radius 1 is 1.13 bits per heavy atom. The Bertz CT molecular complexity index is 1150. The smallest absolute Gasteiger partial charge is 0.307 e. The lowest BCUT2D eigenvalue weighted by molar-refractivity contribution is -0.136. The van der Waals surface area contributed by atoms with E-state index in [-0.39, 0.29) is 36.8 Å². The van der Waals surface area contributed by atoms with Crippen molar-refractivity contribution in [2.45, 2.75) is 13.0 Å². The molecule has 0 radical (unpaired) electrons. The SMILES string of the molecule is O=C(O)Cc1ccc(CNC(=O)c2cccnc2Oc2ccc3c(c2)OCO3)c(F)c1. The van der Waals surface area contributed by atoms with Crippen LogP contribution in [0.15, 0.2) is 54.7 Å². The van der Waals surface area contributed by atoms with E-state index >= 15 is 0 Å². The van der Waals surface area contributed by atoms with Gasteiger partial charge in [0.2, 0.25) is 12.7 Å². The Balaban J connectivity index is 1.45. The minimum absolute atomic E-state index is 0.0798. The van der Waals surface area contributed by atoms with E-state index in [0.717, 1.165) is 6.07 Å². The molecule has 0 atom stereocenters. The molecule has 158 valence electrons. The molecule has 0 spiro atoms. The number of amides is 1. The van der Waals surface area contributed by atoms with Crippen LogP contribution in [0.25, 0.3) is 0 Å². The normalized spacial score (nSPS) is 11.8. The first-order valence-electron chi connectivity index (χ1n) is 9.29. The zero-order chi connectivity index (χ0) is 21.8. The van der Waals surface area contributed by atoms with Gasteiger partial charge in [-0.05, 0) is 35.9 Å². The minimum atomic E-state index is -1.05. The van der Waals surface area contributed by atoms with Crippen LogP contribution in [0.3, 0.4) is 0 Å². The van der Waals surface area contributed by atoms with E-state index in [2.05, 4.69) is 10.3 Å². The van der Waals surface area contributed by atoms with E-state index in [1.807, 2.05) is 0 Å². The fourth-order valence-electron chi connectivity index (χ4n) is 2.99. The van der Waals surface area contributed by atoms with Crippen LogP contribution >= 0.6 is 0 Å². The Morgan fingerprint density at radius 3 is 2.77 bits per heavy atom. The molecule has 1 amide bonds. The molecule has 3 aromatic rings. The van der Waals surface area contributed by atoms with Crippen LogP contribution in [-0.4, -0.2) is 28.8 Å². The Labute approximate surface area is 176 Å². The average molecular weight is 424 g/mol. The number of carbonyl (C=O) groups excluding carboxylic acids is 1. The quantitative estimate of drug-likeness (QED) is 0.599. The third kappa shape index (κ3) is 4.72. The molecule has 2 N–H and O–H groups in total. The topological polar surface area (TPSA) is 107 Å². The van der Waals surface area contributed by atoms with Crippen molar-refractivity contribution >= 4 is 11.9 Å². The molecule has 1 aromatic heterocycles. The summed E-state index contributed by atoms with van der Waals surface area (Å²) in [6.45, 7) is 0.0419. The van der Waals surface area contributed by atoms with Crippen LogP contribution in [-0.2, 0) is 17.8 Å². The number of hydrogen-bond donors (Lipinski definition) is 2. The van der Waals surface area contributed by atoms with Gasteiger partial charge in [-0.1, -0.05) is 12.1 Å². The van der Waals surface area contributed by atoms with Gasteiger partial charge in [-0.15, -0.1) is 0 Å². The van der Waals surface area contributed by atoms with Gasteiger partial charge in [-0.25, -0.2) is 9.37 Å². The van der Waals surface area contributed by atoms with Crippen LogP contribution in [0.5, 0.6) is 23.1 Å². The molecule has 0 saturated heterocycles. The van der Waals surface area contributed by atoms with Crippen LogP contribution in [0.4, 0.5) is 4.39 Å². The van der Waals surface area contributed by atoms with Crippen LogP contribution in [0.2, 0.25) is 0 Å². The average Bonchev–Trinajstić information content (AvgIpc) is 3.21. The van der Waals surface area contributed by atoms with Gasteiger partial charge < -0.3 is 24.6 Å². The summed E-state index contributed by atoms with van der Waals surface area (Å²) in [5.41, 5.74) is 0.736. The van der Waals surface area contributed by atoms with E-state index in [4.69, 9.17) is 19.3 Å². The summed E-state index contributed by atoms with van der Waals surface area (Å²) >= 11 is 0. The number of benzene rings is 2. The van der Waals surface area contributed by atoms with Crippen molar-refractivity contribution < 1.29 is 33.3 Å². The van der Waals surface area contributed by atoms with E-state index in [1.165, 1.54) is 24.4 Å². The van der Waals surface area contributed by atoms with Crippen molar-refractivity contribution in [3.05, 3.63) is 77.2 Å². The number of carboxylic acids is 1. The van der Waals surface area contributed by atoms with Crippen LogP contribution in [0, 0.1) is 5.82 Å². The molecule has 4 rings (SSSR count). The highest BCUT2D eigenvalue weighted by atomic mass is 19.1. The number of halogens is 1. The largest absolute Gasteiger partial charge is 0.481 e. The number of aromatic nitrogens is 1. The molecule has 1 aliphatic heterocycles. The molecular weight excluding hydrogens is 407 g/mol. The number of nitrogens with zero attached hydrogens (tertiary/aromatic N) is 1. The minimum Gasteiger partial charge on any atom is -0.481 e. The number of aliphatic carboxylic acids is 1. The maximum absolute atomic E-state index is 14.2. The number of rotatable bonds is 7. The highest BCUT2D eigenvalue weighted by Crippen LogP contribution is 2.36. The van der Waals surface area contributed by atoms with E-state index in [0.29, 0.717) is 22.8 Å². The van der Waals surface area contributed by atoms with Gasteiger partial charge in [0, 0.05) is 24.4 Å². The van der Waals surface area contributed by atoms with Gasteiger partial charge in [-0.3, -0.25) is 9.59 Å². The highest BCUT2D eigenvalue weighted by molar-refractivity contribution is 5.96. The van der Waals surface area contributed by atoms with E-state index < -0.39 is 17.7 Å². The fourth-order valence-corrected chi connectivity index (χ4v) is 2.99. The fraction of sp³-hybridized carbons (Fsp3) is 0.136. The summed E-state index contributed by atoms with van der Waals surface area (Å²) in [7, 11) is 0. The number of pyridine rings is 1. The second kappa shape index (κ2) is 8.70. The summed E-state index contributed by atoms with van der Waals surface area (Å²) in [5, 5.41) is 11.4. The second-order valence-electron chi connectivity index (χ2n) is 6.65. The zero-order valence-electron chi connectivity index (χ0n) is 16.1. The van der Waals surface area contributed by atoms with Crippen molar-refractivity contribution in [2.75, 3.05) is 6.79 Å². The maximum Gasteiger partial charge on any atom is 0.307 e. The molecule has 0 saturated carbocycles. The lowest BCUT2D eigenvalue weighted by atomic mass is 10.1. The van der Waals surface area contributed by atoms with E-state index in [1.54, 1.807) is 24.3 Å². The Kier molecular flexibility index (Phi) is 5.65. The molecule has 31 heavy (non-hydrogen) atoms. The van der Waals surface area contributed by atoms with Crippen molar-refractivity contribution in [2.24, 2.45) is 0 Å². The molecule has 9 heteroatoms. The van der Waals surface area contributed by atoms with Crippen LogP contribution in [0.1, 0.15) is 21.5 Å². The van der Waals surface area contributed by atoms with Gasteiger partial charge in [-0.2, -0.15) is 0 Å². The first kappa shape index (κ1) is 20.1. The van der Waals surface area contributed by atoms with E-state index in [9.17, 15) is 14.0 Å². The number of carboxylic acid groups (broad SMARTS) is 1. The number of ether oxygens (including phenoxy) is 3. The molecule has 0 unspecified atom stereocenters. The monoisotopic (exact) mass is 424 g/mol. The van der Waals surface area contributed by atoms with Crippen molar-refractivity contribution in [1.82, 2.24) is 10.3 Å². The van der Waals surface area contributed by atoms with Crippen molar-refractivity contribution in [1.29, 1.82) is 0 Å². The summed E-state index contributed by atoms with van der Waals surface area (Å²) in [4.78, 5) is 27.5. The molecule has 1 aliphatic rings. The van der Waals surface area contributed by atoms with Crippen LogP contribution < -0.4 is 19.5 Å². The first-order valence-corrected chi connectivity index (χ1v) is 9.29. The summed E-state index contributed by atoms with van der Waals surface area (Å²) in [6.07, 6.45) is 1.21. The predicted octanol–water partition coefficient (Wildman–Crippen LogP) is 3.30. The van der Waals surface area contributed by atoms with Gasteiger partial charge in [0.05, 0.1) is 6.42 Å². The second-order valence-corrected chi connectivity index (χ2v) is 6.65. The van der Waals surface area contributed by atoms with Gasteiger partial charge in [0.15, 0.2) is 11.5 Å². The maximum atomic E-state index is 14.2. The molecule has 0 aliphatic carbocycles. The molecule has 2 aromatic carbocycles. The molecule has 8 nitrogen and oxygen atoms in total. The lowest BCUT2D eigenvalue weighted by Crippen LogP contribution is -2.24. The zero-order valence-corrected chi connectivity index (χ0v) is 16.1. The highest BCUT2D eigenvalue weighted by Gasteiger charge is 2.18. The number of carbonyl (C=O) groups is 2. The number of hydrogen-bond acceptors (Lipinski definition) is 6. The third-order valence-corrected chi connectivity index (χ3v) is 4.49. The summed E-state index contributed by atoms with van der Waals surface area (Å²) in [5.74, 6) is -0.524. The summed E-state index contributed by atoms with van der Waals surface area (Å²) < 4.78 is 30.5. The number of fused-ring (bicyclic) bond motifs is 1. The molecular formula is C22H17FN2O6. The third-order valence-electron chi connectivity index (χ3n) is 4.49. The van der Waals surface area contributed by atoms with Crippen molar-refractivity contribution in [3.8, 4) is 23.1 Å². The standard InChI is InChI=1S/C22H17FN2O6/c23-17-8-13(9-20(26)27)3-4-14(17)11-25-21(28)16-2-1-7-24-22(16)31-15-5-6-18-19(10-15)30-12-29-18/h1-8,10H,9,11-12H2,(H,25,28)(H,26,27). The first-order chi connectivity index (χ1) is 15.0. The number of nitrogens with one attached hydrogen (secondary N) is 1. The van der Waals surface area contributed by atoms with Gasteiger partial charge >= 0.3 is 5.97 Å².